The van der Waals surface area contributed by atoms with Gasteiger partial charge in [-0.05, 0) is 24.1 Å². The van der Waals surface area contributed by atoms with Gasteiger partial charge in [0.15, 0.2) is 17.3 Å². The lowest BCUT2D eigenvalue weighted by Crippen LogP contribution is -2.29. The molecule has 0 aliphatic rings. The number of pyridine rings is 2. The van der Waals surface area contributed by atoms with Gasteiger partial charge >= 0.3 is 0 Å². The highest BCUT2D eigenvalue weighted by molar-refractivity contribution is 6.34. The van der Waals surface area contributed by atoms with Crippen LogP contribution in [0.25, 0.3) is 5.69 Å². The predicted octanol–water partition coefficient (Wildman–Crippen LogP) is 3.79. The minimum atomic E-state index is -0.722. The van der Waals surface area contributed by atoms with Crippen LogP contribution in [-0.4, -0.2) is 22.0 Å². The summed E-state index contributed by atoms with van der Waals surface area (Å²) in [7, 11) is 0. The molecule has 9 heteroatoms. The van der Waals surface area contributed by atoms with Crippen molar-refractivity contribution in [3.63, 3.8) is 0 Å². The lowest BCUT2D eigenvalue weighted by Gasteiger charge is -2.12. The molecular formula is C21H20ClFN4O3. The van der Waals surface area contributed by atoms with Gasteiger partial charge in [-0.3, -0.25) is 14.2 Å². The maximum absolute atomic E-state index is 14.6. The Kier molecular flexibility index (Phi) is 6.37. The number of carbonyl (C=O) groups excluding carboxylic acids is 1. The van der Waals surface area contributed by atoms with E-state index in [9.17, 15) is 14.0 Å². The Balaban J connectivity index is 1.89. The molecular weight excluding hydrogens is 411 g/mol. The van der Waals surface area contributed by atoms with Crippen LogP contribution in [0.2, 0.25) is 5.02 Å². The summed E-state index contributed by atoms with van der Waals surface area (Å²) >= 11 is 6.02. The van der Waals surface area contributed by atoms with Gasteiger partial charge in [0.25, 0.3) is 11.5 Å². The van der Waals surface area contributed by atoms with Crippen LogP contribution in [0.15, 0.2) is 53.6 Å². The van der Waals surface area contributed by atoms with Crippen molar-refractivity contribution in [3.05, 3.63) is 75.5 Å². The third-order valence-corrected chi connectivity index (χ3v) is 4.52. The molecule has 0 saturated carbocycles. The van der Waals surface area contributed by atoms with Gasteiger partial charge in [-0.1, -0.05) is 25.4 Å². The number of halogens is 2. The summed E-state index contributed by atoms with van der Waals surface area (Å²) in [5.74, 6) is -0.652. The zero-order valence-electron chi connectivity index (χ0n) is 16.4. The van der Waals surface area contributed by atoms with Crippen LogP contribution < -0.4 is 21.3 Å². The molecule has 30 heavy (non-hydrogen) atoms. The third-order valence-electron chi connectivity index (χ3n) is 4.14. The summed E-state index contributed by atoms with van der Waals surface area (Å²) in [4.78, 5) is 28.4. The molecule has 0 radical (unpaired) electrons. The van der Waals surface area contributed by atoms with Gasteiger partial charge in [-0.15, -0.1) is 0 Å². The summed E-state index contributed by atoms with van der Waals surface area (Å²) in [6, 6.07) is 8.12. The summed E-state index contributed by atoms with van der Waals surface area (Å²) < 4.78 is 21.3. The smallest absolute Gasteiger partial charge is 0.255 e. The number of nitrogens with two attached hydrogens (primary N) is 1. The first-order valence-corrected chi connectivity index (χ1v) is 9.52. The monoisotopic (exact) mass is 430 g/mol. The van der Waals surface area contributed by atoms with Gasteiger partial charge in [0.1, 0.15) is 10.8 Å². The molecule has 0 aliphatic heterocycles. The van der Waals surface area contributed by atoms with Crippen LogP contribution in [-0.2, 0) is 0 Å². The molecule has 0 spiro atoms. The SMILES string of the molecule is CC(C)CNC(=O)c1ccc(=O)n(-c2ccc(Oc3ccnc(N)c3Cl)c(F)c2)c1. The highest BCUT2D eigenvalue weighted by Crippen LogP contribution is 2.33. The fourth-order valence-corrected chi connectivity index (χ4v) is 2.73. The van der Waals surface area contributed by atoms with Crippen molar-refractivity contribution in [2.45, 2.75) is 13.8 Å². The van der Waals surface area contributed by atoms with E-state index in [0.29, 0.717) is 6.54 Å². The molecule has 1 aromatic carbocycles. The number of nitrogens with zero attached hydrogens (tertiary/aromatic N) is 2. The minimum absolute atomic E-state index is 0.0605. The molecule has 156 valence electrons. The average molecular weight is 431 g/mol. The molecule has 0 unspecified atom stereocenters. The zero-order valence-corrected chi connectivity index (χ0v) is 17.1. The second-order valence-corrected chi connectivity index (χ2v) is 7.33. The Morgan fingerprint density at radius 1 is 1.27 bits per heavy atom. The third kappa shape index (κ3) is 4.77. The van der Waals surface area contributed by atoms with Gasteiger partial charge in [0.05, 0.1) is 11.3 Å². The second kappa shape index (κ2) is 8.96. The first-order chi connectivity index (χ1) is 14.3. The molecule has 1 amide bonds. The van der Waals surface area contributed by atoms with Gasteiger partial charge in [-0.25, -0.2) is 9.37 Å². The molecule has 0 atom stereocenters. The number of amides is 1. The Morgan fingerprint density at radius 3 is 2.73 bits per heavy atom. The summed E-state index contributed by atoms with van der Waals surface area (Å²) in [5, 5.41) is 2.84. The fourth-order valence-electron chi connectivity index (χ4n) is 2.58. The number of nitrogen functional groups attached to an aromatic ring is 1. The van der Waals surface area contributed by atoms with Gasteiger partial charge in [-0.2, -0.15) is 0 Å². The molecule has 3 aromatic rings. The van der Waals surface area contributed by atoms with Crippen molar-refractivity contribution < 1.29 is 13.9 Å². The Labute approximate surface area is 177 Å². The number of hydrogen-bond acceptors (Lipinski definition) is 5. The molecule has 0 bridgehead atoms. The van der Waals surface area contributed by atoms with E-state index < -0.39 is 11.4 Å². The van der Waals surface area contributed by atoms with E-state index in [1.54, 1.807) is 0 Å². The quantitative estimate of drug-likeness (QED) is 0.620. The Hall–Kier alpha value is -3.39. The summed E-state index contributed by atoms with van der Waals surface area (Å²) in [6.45, 7) is 4.45. The number of aromatic nitrogens is 2. The van der Waals surface area contributed by atoms with Crippen LogP contribution in [0.5, 0.6) is 11.5 Å². The van der Waals surface area contributed by atoms with Crippen molar-refractivity contribution in [3.8, 4) is 17.2 Å². The van der Waals surface area contributed by atoms with Crippen molar-refractivity contribution >= 4 is 23.3 Å². The molecule has 0 saturated heterocycles. The van der Waals surface area contributed by atoms with E-state index in [2.05, 4.69) is 10.3 Å². The van der Waals surface area contributed by atoms with E-state index in [-0.39, 0.29) is 45.4 Å². The van der Waals surface area contributed by atoms with Crippen molar-refractivity contribution in [2.24, 2.45) is 5.92 Å². The number of carbonyl (C=O) groups is 1. The molecule has 2 heterocycles. The van der Waals surface area contributed by atoms with Crippen LogP contribution in [0.3, 0.4) is 0 Å². The van der Waals surface area contributed by atoms with Crippen LogP contribution in [0, 0.1) is 11.7 Å². The molecule has 3 rings (SSSR count). The van der Waals surface area contributed by atoms with E-state index in [1.165, 1.54) is 47.3 Å². The van der Waals surface area contributed by atoms with Crippen LogP contribution >= 0.6 is 11.6 Å². The molecule has 0 aliphatic carbocycles. The molecule has 2 aromatic heterocycles. The minimum Gasteiger partial charge on any atom is -0.453 e. The van der Waals surface area contributed by atoms with Crippen LogP contribution in [0.1, 0.15) is 24.2 Å². The number of nitrogens with one attached hydrogen (secondary N) is 1. The second-order valence-electron chi connectivity index (χ2n) is 6.95. The number of ether oxygens (including phenoxy) is 1. The van der Waals surface area contributed by atoms with Crippen molar-refractivity contribution in [1.82, 2.24) is 14.9 Å². The topological polar surface area (TPSA) is 99.2 Å². The standard InChI is InChI=1S/C21H20ClFN4O3/c1-12(2)10-26-21(29)13-3-6-18(28)27(11-13)14-4-5-16(15(23)9-14)30-17-7-8-25-20(24)19(17)22/h3-9,11-12H,10H2,1-2H3,(H2,24,25)(H,26,29). The first kappa shape index (κ1) is 21.3. The number of anilines is 1. The molecule has 0 fully saturated rings. The number of rotatable bonds is 6. The van der Waals surface area contributed by atoms with Gasteiger partial charge < -0.3 is 15.8 Å². The lowest BCUT2D eigenvalue weighted by atomic mass is 10.2. The summed E-state index contributed by atoms with van der Waals surface area (Å²) in [5.41, 5.74) is 5.74. The lowest BCUT2D eigenvalue weighted by molar-refractivity contribution is 0.0948. The fraction of sp³-hybridized carbons (Fsp3) is 0.190. The van der Waals surface area contributed by atoms with Gasteiger partial charge in [0, 0.05) is 37.1 Å². The summed E-state index contributed by atoms with van der Waals surface area (Å²) in [6.07, 6.45) is 2.76. The highest BCUT2D eigenvalue weighted by atomic mass is 35.5. The molecule has 7 nitrogen and oxygen atoms in total. The van der Waals surface area contributed by atoms with Crippen molar-refractivity contribution in [1.29, 1.82) is 0 Å². The Morgan fingerprint density at radius 2 is 2.03 bits per heavy atom. The van der Waals surface area contributed by atoms with Crippen molar-refractivity contribution in [2.75, 3.05) is 12.3 Å². The average Bonchev–Trinajstić information content (AvgIpc) is 2.71. The predicted molar refractivity (Wildman–Crippen MR) is 113 cm³/mol. The van der Waals surface area contributed by atoms with Crippen LogP contribution in [0.4, 0.5) is 10.2 Å². The van der Waals surface area contributed by atoms with E-state index in [0.717, 1.165) is 6.07 Å². The normalized spacial score (nSPS) is 10.8. The van der Waals surface area contributed by atoms with E-state index in [1.807, 2.05) is 13.8 Å². The maximum Gasteiger partial charge on any atom is 0.255 e. The molecule has 3 N–H and O–H groups in total. The largest absolute Gasteiger partial charge is 0.453 e. The Bertz CT molecular complexity index is 1150. The van der Waals surface area contributed by atoms with E-state index in [4.69, 9.17) is 22.1 Å². The van der Waals surface area contributed by atoms with E-state index >= 15 is 0 Å². The van der Waals surface area contributed by atoms with Gasteiger partial charge in [0.2, 0.25) is 0 Å². The number of benzene rings is 1. The zero-order chi connectivity index (χ0) is 21.8. The maximum atomic E-state index is 14.6. The number of hydrogen-bond donors (Lipinski definition) is 2. The highest BCUT2D eigenvalue weighted by Gasteiger charge is 2.13. The first-order valence-electron chi connectivity index (χ1n) is 9.15.